The predicted molar refractivity (Wildman–Crippen MR) is 131 cm³/mol. The minimum absolute atomic E-state index is 0.0342. The quantitative estimate of drug-likeness (QED) is 0.540. The molecule has 2 aliphatic rings. The van der Waals surface area contributed by atoms with Gasteiger partial charge in [0.05, 0.1) is 22.9 Å². The lowest BCUT2D eigenvalue weighted by Gasteiger charge is -2.55. The average molecular weight is 506 g/mol. The summed E-state index contributed by atoms with van der Waals surface area (Å²) >= 11 is 0. The molecule has 0 aliphatic carbocycles. The number of ether oxygens (including phenoxy) is 1. The molecule has 0 atom stereocenters. The van der Waals surface area contributed by atoms with Gasteiger partial charge >= 0.3 is 6.18 Å². The molecule has 0 saturated carbocycles. The summed E-state index contributed by atoms with van der Waals surface area (Å²) in [4.78, 5) is 29.5. The number of hydrogen-bond donors (Lipinski definition) is 0. The molecule has 1 saturated heterocycles. The highest BCUT2D eigenvalue weighted by atomic mass is 19.4. The van der Waals surface area contributed by atoms with Crippen LogP contribution in [-0.2, 0) is 11.1 Å². The van der Waals surface area contributed by atoms with E-state index in [4.69, 9.17) is 4.74 Å². The molecular weight excluding hydrogens is 471 g/mol. The Kier molecular flexibility index (Phi) is 6.52. The summed E-state index contributed by atoms with van der Waals surface area (Å²) in [6.45, 7) is 10.9. The van der Waals surface area contributed by atoms with Crippen molar-refractivity contribution in [2.75, 3.05) is 26.7 Å². The van der Waals surface area contributed by atoms with E-state index in [0.29, 0.717) is 43.7 Å². The second-order valence-corrected chi connectivity index (χ2v) is 10.9. The number of benzene rings is 1. The third kappa shape index (κ3) is 4.42. The SMILES string of the molecule is Cc1cc(C(=O)N2CCC3(CC2)c2ccc(C(=O)C(F)(F)F)n2C(C)(C)CN3C)ccc1OC(C)C. The van der Waals surface area contributed by atoms with Crippen LogP contribution in [0.5, 0.6) is 5.75 Å². The molecule has 1 fully saturated rings. The number of amides is 1. The van der Waals surface area contributed by atoms with Gasteiger partial charge in [0, 0.05) is 30.9 Å². The van der Waals surface area contributed by atoms with Crippen molar-refractivity contribution in [1.82, 2.24) is 14.4 Å². The average Bonchev–Trinajstić information content (AvgIpc) is 3.24. The molecule has 6 nitrogen and oxygen atoms in total. The molecule has 1 amide bonds. The van der Waals surface area contributed by atoms with Gasteiger partial charge in [-0.05, 0) is 90.4 Å². The van der Waals surface area contributed by atoms with Gasteiger partial charge in [0.2, 0.25) is 0 Å². The summed E-state index contributed by atoms with van der Waals surface area (Å²) in [6.07, 6.45) is -3.79. The number of alkyl halides is 3. The van der Waals surface area contributed by atoms with E-state index in [2.05, 4.69) is 4.90 Å². The number of aromatic nitrogens is 1. The summed E-state index contributed by atoms with van der Waals surface area (Å²) in [5.74, 6) is -1.16. The Balaban J connectivity index is 1.59. The minimum atomic E-state index is -4.94. The van der Waals surface area contributed by atoms with Gasteiger partial charge in [0.25, 0.3) is 11.7 Å². The topological polar surface area (TPSA) is 54.8 Å². The number of carbonyl (C=O) groups excluding carboxylic acids is 2. The number of piperidine rings is 1. The van der Waals surface area contributed by atoms with Crippen molar-refractivity contribution < 1.29 is 27.5 Å². The molecule has 4 rings (SSSR count). The zero-order valence-corrected chi connectivity index (χ0v) is 21.7. The Bertz CT molecular complexity index is 1170. The van der Waals surface area contributed by atoms with E-state index in [9.17, 15) is 22.8 Å². The van der Waals surface area contributed by atoms with Crippen LogP contribution in [0.2, 0.25) is 0 Å². The number of ketones is 1. The lowest BCUT2D eigenvalue weighted by molar-refractivity contribution is -0.0897. The van der Waals surface area contributed by atoms with Crippen LogP contribution in [-0.4, -0.2) is 65.0 Å². The first kappa shape index (κ1) is 26.3. The van der Waals surface area contributed by atoms with E-state index in [-0.39, 0.29) is 17.7 Å². The summed E-state index contributed by atoms with van der Waals surface area (Å²) < 4.78 is 47.4. The van der Waals surface area contributed by atoms with Crippen molar-refractivity contribution in [3.05, 3.63) is 52.8 Å². The number of rotatable bonds is 4. The number of halogens is 3. The van der Waals surface area contributed by atoms with Gasteiger partial charge < -0.3 is 14.2 Å². The van der Waals surface area contributed by atoms with E-state index in [1.165, 1.54) is 6.07 Å². The monoisotopic (exact) mass is 505 g/mol. The molecular formula is C27H34F3N3O3. The highest BCUT2D eigenvalue weighted by Gasteiger charge is 2.51. The fraction of sp³-hybridized carbons (Fsp3) is 0.556. The second-order valence-electron chi connectivity index (χ2n) is 10.9. The fourth-order valence-electron chi connectivity index (χ4n) is 5.84. The lowest BCUT2D eigenvalue weighted by atomic mass is 9.78. The molecule has 3 heterocycles. The van der Waals surface area contributed by atoms with E-state index < -0.39 is 23.0 Å². The molecule has 36 heavy (non-hydrogen) atoms. The largest absolute Gasteiger partial charge is 0.491 e. The molecule has 2 aromatic rings. The maximum Gasteiger partial charge on any atom is 0.456 e. The summed E-state index contributed by atoms with van der Waals surface area (Å²) in [6, 6.07) is 8.38. The summed E-state index contributed by atoms with van der Waals surface area (Å²) in [5.41, 5.74) is 0.594. The van der Waals surface area contributed by atoms with Crippen molar-refractivity contribution in [3.8, 4) is 5.75 Å². The van der Waals surface area contributed by atoms with Crippen LogP contribution in [0.4, 0.5) is 13.2 Å². The van der Waals surface area contributed by atoms with Crippen LogP contribution >= 0.6 is 0 Å². The first-order valence-electron chi connectivity index (χ1n) is 12.3. The van der Waals surface area contributed by atoms with Gasteiger partial charge in [0.1, 0.15) is 5.75 Å². The Labute approximate surface area is 210 Å². The molecule has 0 N–H and O–H groups in total. The zero-order chi connectivity index (χ0) is 26.6. The van der Waals surface area contributed by atoms with Gasteiger partial charge in [-0.2, -0.15) is 13.2 Å². The third-order valence-electron chi connectivity index (χ3n) is 7.47. The predicted octanol–water partition coefficient (Wildman–Crippen LogP) is 5.14. The van der Waals surface area contributed by atoms with E-state index in [1.807, 2.05) is 53.8 Å². The maximum atomic E-state index is 13.3. The van der Waals surface area contributed by atoms with Crippen LogP contribution in [0, 0.1) is 6.92 Å². The molecule has 1 aromatic heterocycles. The minimum Gasteiger partial charge on any atom is -0.491 e. The van der Waals surface area contributed by atoms with E-state index in [1.54, 1.807) is 21.6 Å². The highest BCUT2D eigenvalue weighted by molar-refractivity contribution is 5.99. The van der Waals surface area contributed by atoms with Crippen LogP contribution in [0.1, 0.15) is 72.6 Å². The third-order valence-corrected chi connectivity index (χ3v) is 7.47. The molecule has 2 aliphatic heterocycles. The molecule has 1 aromatic carbocycles. The highest BCUT2D eigenvalue weighted by Crippen LogP contribution is 2.46. The Morgan fingerprint density at radius 1 is 1.06 bits per heavy atom. The normalized spacial score (nSPS) is 19.4. The fourth-order valence-corrected chi connectivity index (χ4v) is 5.84. The standard InChI is InChI=1S/C27H34F3N3O3/c1-17(2)36-21-9-7-19(15-18(21)3)24(35)32-13-11-26(12-14-32)22-10-8-20(23(34)27(28,29)30)33(22)25(4,5)16-31(26)6/h7-10,15,17H,11-14,16H2,1-6H3. The lowest BCUT2D eigenvalue weighted by Crippen LogP contribution is -2.61. The van der Waals surface area contributed by atoms with Gasteiger partial charge in [-0.25, -0.2) is 0 Å². The van der Waals surface area contributed by atoms with Crippen LogP contribution in [0.3, 0.4) is 0 Å². The van der Waals surface area contributed by atoms with E-state index in [0.717, 1.165) is 11.3 Å². The van der Waals surface area contributed by atoms with Crippen molar-refractivity contribution in [2.24, 2.45) is 0 Å². The van der Waals surface area contributed by atoms with Gasteiger partial charge in [0.15, 0.2) is 0 Å². The van der Waals surface area contributed by atoms with Gasteiger partial charge in [-0.3, -0.25) is 14.5 Å². The molecule has 1 spiro atoms. The summed E-state index contributed by atoms with van der Waals surface area (Å²) in [7, 11) is 1.97. The number of likely N-dealkylation sites (tertiary alicyclic amines) is 1. The van der Waals surface area contributed by atoms with E-state index >= 15 is 0 Å². The number of aryl methyl sites for hydroxylation is 1. The number of likely N-dealkylation sites (N-methyl/N-ethyl adjacent to an activating group) is 1. The number of hydrogen-bond acceptors (Lipinski definition) is 4. The van der Waals surface area contributed by atoms with Crippen molar-refractivity contribution in [1.29, 1.82) is 0 Å². The second kappa shape index (κ2) is 8.94. The molecule has 0 bridgehead atoms. The molecule has 0 radical (unpaired) electrons. The first-order valence-corrected chi connectivity index (χ1v) is 12.3. The molecule has 196 valence electrons. The Morgan fingerprint density at radius 2 is 1.69 bits per heavy atom. The zero-order valence-electron chi connectivity index (χ0n) is 21.7. The number of nitrogens with zero attached hydrogens (tertiary/aromatic N) is 3. The Morgan fingerprint density at radius 3 is 2.25 bits per heavy atom. The smallest absolute Gasteiger partial charge is 0.456 e. The molecule has 9 heteroatoms. The maximum absolute atomic E-state index is 13.3. The summed E-state index contributed by atoms with van der Waals surface area (Å²) in [5, 5.41) is 0. The van der Waals surface area contributed by atoms with Crippen molar-refractivity contribution in [3.63, 3.8) is 0 Å². The van der Waals surface area contributed by atoms with Crippen LogP contribution in [0.15, 0.2) is 30.3 Å². The number of Topliss-reactive ketones (excluding diaryl/α,β-unsaturated/α-hetero) is 1. The van der Waals surface area contributed by atoms with Crippen LogP contribution in [0.25, 0.3) is 0 Å². The van der Waals surface area contributed by atoms with Gasteiger partial charge in [-0.15, -0.1) is 0 Å². The first-order chi connectivity index (χ1) is 16.7. The van der Waals surface area contributed by atoms with Crippen LogP contribution < -0.4 is 4.74 Å². The number of fused-ring (bicyclic) bond motifs is 2. The van der Waals surface area contributed by atoms with Crippen molar-refractivity contribution >= 4 is 11.7 Å². The van der Waals surface area contributed by atoms with Crippen molar-refractivity contribution in [2.45, 2.75) is 70.8 Å². The Hall–Kier alpha value is -2.81. The van der Waals surface area contributed by atoms with Gasteiger partial charge in [-0.1, -0.05) is 0 Å². The molecule has 0 unspecified atom stereocenters. The number of carbonyl (C=O) groups is 2.